The van der Waals surface area contributed by atoms with Crippen LogP contribution in [0.15, 0.2) is 16.8 Å². The van der Waals surface area contributed by atoms with Gasteiger partial charge in [-0.1, -0.05) is 12.8 Å². The molecule has 21 heavy (non-hydrogen) atoms. The predicted octanol–water partition coefficient (Wildman–Crippen LogP) is 2.48. The van der Waals surface area contributed by atoms with Gasteiger partial charge in [0, 0.05) is 32.7 Å². The van der Waals surface area contributed by atoms with Gasteiger partial charge in [-0.15, -0.1) is 0 Å². The highest BCUT2D eigenvalue weighted by Gasteiger charge is 2.44. The predicted molar refractivity (Wildman–Crippen MR) is 82.7 cm³/mol. The molecule has 1 aromatic rings. The average Bonchev–Trinajstić information content (AvgIpc) is 3.19. The maximum atomic E-state index is 12.7. The van der Waals surface area contributed by atoms with Crippen LogP contribution in [0.2, 0.25) is 0 Å². The van der Waals surface area contributed by atoms with Crippen LogP contribution in [0, 0.1) is 16.7 Å². The van der Waals surface area contributed by atoms with Gasteiger partial charge in [0.15, 0.2) is 0 Å². The smallest absolute Gasteiger partial charge is 0.243 e. The molecule has 0 atom stereocenters. The van der Waals surface area contributed by atoms with E-state index < -0.39 is 5.41 Å². The summed E-state index contributed by atoms with van der Waals surface area (Å²) in [6.45, 7) is 4.29. The molecule has 1 aliphatic carbocycles. The van der Waals surface area contributed by atoms with Gasteiger partial charge in [0.05, 0.1) is 6.07 Å². The van der Waals surface area contributed by atoms with E-state index in [1.54, 1.807) is 11.3 Å². The standard InChI is InChI=1S/C16H21N3OS/c17-13-16(4-1-2-5-16)15(20)19-8-6-18(7-9-19)11-14-3-10-21-12-14/h3,10,12H,1-2,4-9,11H2. The van der Waals surface area contributed by atoms with E-state index in [1.807, 2.05) is 4.90 Å². The minimum absolute atomic E-state index is 0.0812. The zero-order valence-corrected chi connectivity index (χ0v) is 13.1. The Labute approximate surface area is 130 Å². The van der Waals surface area contributed by atoms with Crippen molar-refractivity contribution in [2.24, 2.45) is 5.41 Å². The summed E-state index contributed by atoms with van der Waals surface area (Å²) in [6.07, 6.45) is 3.52. The molecule has 0 bridgehead atoms. The Morgan fingerprint density at radius 3 is 2.57 bits per heavy atom. The van der Waals surface area contributed by atoms with E-state index in [1.165, 1.54) is 5.56 Å². The van der Waals surface area contributed by atoms with Crippen molar-refractivity contribution in [3.8, 4) is 6.07 Å². The fraction of sp³-hybridized carbons (Fsp3) is 0.625. The van der Waals surface area contributed by atoms with Crippen molar-refractivity contribution in [3.05, 3.63) is 22.4 Å². The number of nitrogens with zero attached hydrogens (tertiary/aromatic N) is 3. The minimum atomic E-state index is -0.713. The summed E-state index contributed by atoms with van der Waals surface area (Å²) in [5.41, 5.74) is 0.638. The fourth-order valence-corrected chi connectivity index (χ4v) is 4.06. The number of piperazine rings is 1. The Hall–Kier alpha value is -1.38. The molecule has 0 aromatic carbocycles. The number of hydrogen-bond acceptors (Lipinski definition) is 4. The van der Waals surface area contributed by atoms with Crippen LogP contribution in [-0.4, -0.2) is 41.9 Å². The second-order valence-corrected chi connectivity index (χ2v) is 6.88. The molecule has 0 spiro atoms. The van der Waals surface area contributed by atoms with Crippen molar-refractivity contribution in [1.82, 2.24) is 9.80 Å². The second-order valence-electron chi connectivity index (χ2n) is 6.10. The molecule has 0 unspecified atom stereocenters. The maximum Gasteiger partial charge on any atom is 0.243 e. The van der Waals surface area contributed by atoms with Gasteiger partial charge in [-0.2, -0.15) is 16.6 Å². The molecule has 1 amide bonds. The number of nitriles is 1. The SMILES string of the molecule is N#CC1(C(=O)N2CCN(Cc3ccsc3)CC2)CCCC1. The van der Waals surface area contributed by atoms with Crippen LogP contribution < -0.4 is 0 Å². The van der Waals surface area contributed by atoms with Crippen molar-refractivity contribution in [1.29, 1.82) is 5.26 Å². The lowest BCUT2D eigenvalue weighted by Crippen LogP contribution is -2.52. The molecule has 1 aromatic heterocycles. The monoisotopic (exact) mass is 303 g/mol. The molecule has 1 saturated heterocycles. The number of carbonyl (C=O) groups is 1. The molecule has 0 radical (unpaired) electrons. The average molecular weight is 303 g/mol. The van der Waals surface area contributed by atoms with Gasteiger partial charge in [0.25, 0.3) is 0 Å². The third kappa shape index (κ3) is 2.97. The molecular weight excluding hydrogens is 282 g/mol. The molecule has 112 valence electrons. The Bertz CT molecular complexity index is 520. The molecule has 3 rings (SSSR count). The third-order valence-electron chi connectivity index (χ3n) is 4.73. The third-order valence-corrected chi connectivity index (χ3v) is 5.46. The summed E-state index contributed by atoms with van der Waals surface area (Å²) in [4.78, 5) is 17.0. The summed E-state index contributed by atoms with van der Waals surface area (Å²) in [5.74, 6) is 0.0812. The van der Waals surface area contributed by atoms with Gasteiger partial charge in [-0.25, -0.2) is 0 Å². The second kappa shape index (κ2) is 6.17. The maximum absolute atomic E-state index is 12.7. The first kappa shape index (κ1) is 14.6. The van der Waals surface area contributed by atoms with Crippen molar-refractivity contribution in [2.45, 2.75) is 32.2 Å². The zero-order chi connectivity index (χ0) is 14.7. The zero-order valence-electron chi connectivity index (χ0n) is 12.3. The largest absolute Gasteiger partial charge is 0.339 e. The Morgan fingerprint density at radius 1 is 1.29 bits per heavy atom. The van der Waals surface area contributed by atoms with Crippen LogP contribution in [-0.2, 0) is 11.3 Å². The van der Waals surface area contributed by atoms with E-state index in [9.17, 15) is 10.1 Å². The first-order valence-electron chi connectivity index (χ1n) is 7.68. The molecular formula is C16H21N3OS. The van der Waals surface area contributed by atoms with Crippen molar-refractivity contribution >= 4 is 17.2 Å². The Morgan fingerprint density at radius 2 is 2.00 bits per heavy atom. The van der Waals surface area contributed by atoms with E-state index in [2.05, 4.69) is 27.8 Å². The lowest BCUT2D eigenvalue weighted by Gasteiger charge is -2.37. The van der Waals surface area contributed by atoms with Crippen molar-refractivity contribution in [3.63, 3.8) is 0 Å². The minimum Gasteiger partial charge on any atom is -0.339 e. The van der Waals surface area contributed by atoms with E-state index >= 15 is 0 Å². The molecule has 2 fully saturated rings. The number of thiophene rings is 1. The Kier molecular flexibility index (Phi) is 4.27. The van der Waals surface area contributed by atoms with Crippen LogP contribution in [0.4, 0.5) is 0 Å². The van der Waals surface area contributed by atoms with E-state index in [0.717, 1.165) is 58.4 Å². The highest BCUT2D eigenvalue weighted by Crippen LogP contribution is 2.39. The van der Waals surface area contributed by atoms with E-state index in [0.29, 0.717) is 0 Å². The summed E-state index contributed by atoms with van der Waals surface area (Å²) in [6, 6.07) is 4.48. The topological polar surface area (TPSA) is 47.3 Å². The lowest BCUT2D eigenvalue weighted by molar-refractivity contribution is -0.140. The first-order chi connectivity index (χ1) is 10.2. The molecule has 2 heterocycles. The quantitative estimate of drug-likeness (QED) is 0.862. The summed E-state index contributed by atoms with van der Waals surface area (Å²) in [7, 11) is 0. The van der Waals surface area contributed by atoms with Gasteiger partial charge in [0.1, 0.15) is 5.41 Å². The van der Waals surface area contributed by atoms with Gasteiger partial charge >= 0.3 is 0 Å². The highest BCUT2D eigenvalue weighted by atomic mass is 32.1. The number of amides is 1. The summed E-state index contributed by atoms with van der Waals surface area (Å²) in [5, 5.41) is 13.7. The van der Waals surface area contributed by atoms with Crippen LogP contribution in [0.25, 0.3) is 0 Å². The van der Waals surface area contributed by atoms with Crippen LogP contribution in [0.5, 0.6) is 0 Å². The van der Waals surface area contributed by atoms with Gasteiger partial charge in [-0.3, -0.25) is 9.69 Å². The molecule has 1 saturated carbocycles. The fourth-order valence-electron chi connectivity index (χ4n) is 3.40. The molecule has 2 aliphatic rings. The summed E-state index contributed by atoms with van der Waals surface area (Å²) < 4.78 is 0. The van der Waals surface area contributed by atoms with Crippen molar-refractivity contribution < 1.29 is 4.79 Å². The Balaban J connectivity index is 1.56. The highest BCUT2D eigenvalue weighted by molar-refractivity contribution is 7.07. The van der Waals surface area contributed by atoms with Gasteiger partial charge in [0.2, 0.25) is 5.91 Å². The van der Waals surface area contributed by atoms with Gasteiger partial charge in [-0.05, 0) is 35.2 Å². The molecule has 0 N–H and O–H groups in total. The molecule has 5 heteroatoms. The van der Waals surface area contributed by atoms with Gasteiger partial charge < -0.3 is 4.90 Å². The van der Waals surface area contributed by atoms with Crippen LogP contribution in [0.1, 0.15) is 31.2 Å². The number of hydrogen-bond donors (Lipinski definition) is 0. The molecule has 4 nitrogen and oxygen atoms in total. The van der Waals surface area contributed by atoms with Crippen LogP contribution >= 0.6 is 11.3 Å². The van der Waals surface area contributed by atoms with E-state index in [-0.39, 0.29) is 5.91 Å². The van der Waals surface area contributed by atoms with Crippen molar-refractivity contribution in [2.75, 3.05) is 26.2 Å². The first-order valence-corrected chi connectivity index (χ1v) is 8.62. The number of carbonyl (C=O) groups excluding carboxylic acids is 1. The lowest BCUT2D eigenvalue weighted by atomic mass is 9.86. The normalized spacial score (nSPS) is 22.1. The summed E-state index contributed by atoms with van der Waals surface area (Å²) >= 11 is 1.73. The van der Waals surface area contributed by atoms with Crippen LogP contribution in [0.3, 0.4) is 0 Å². The molecule has 1 aliphatic heterocycles. The number of rotatable bonds is 3. The van der Waals surface area contributed by atoms with E-state index in [4.69, 9.17) is 0 Å².